The smallest absolute Gasteiger partial charge is 0.253 e. The van der Waals surface area contributed by atoms with Gasteiger partial charge in [-0.15, -0.1) is 0 Å². The Labute approximate surface area is 193 Å². The van der Waals surface area contributed by atoms with Gasteiger partial charge in [0.05, 0.1) is 29.8 Å². The summed E-state index contributed by atoms with van der Waals surface area (Å²) in [5.74, 6) is 1.32. The molecule has 3 heterocycles. The minimum atomic E-state index is -0.0562. The first-order chi connectivity index (χ1) is 15.9. The molecule has 1 saturated carbocycles. The number of ether oxygens (including phenoxy) is 1. The van der Waals surface area contributed by atoms with Crippen molar-refractivity contribution < 1.29 is 14.3 Å². The minimum Gasteiger partial charge on any atom is -0.378 e. The van der Waals surface area contributed by atoms with Crippen LogP contribution in [0.5, 0.6) is 0 Å². The van der Waals surface area contributed by atoms with Crippen LogP contribution in [0, 0.1) is 5.92 Å². The monoisotopic (exact) mass is 449 g/mol. The molecule has 8 heteroatoms. The molecule has 0 unspecified atom stereocenters. The van der Waals surface area contributed by atoms with Crippen LogP contribution < -0.4 is 5.32 Å². The van der Waals surface area contributed by atoms with E-state index >= 15 is 0 Å². The van der Waals surface area contributed by atoms with Crippen LogP contribution in [0.25, 0.3) is 21.9 Å². The van der Waals surface area contributed by atoms with Gasteiger partial charge in [-0.3, -0.25) is 14.6 Å². The van der Waals surface area contributed by atoms with E-state index in [1.165, 1.54) is 12.8 Å². The van der Waals surface area contributed by atoms with Crippen LogP contribution in [0.4, 0.5) is 0 Å². The zero-order valence-corrected chi connectivity index (χ0v) is 19.5. The van der Waals surface area contributed by atoms with Crippen molar-refractivity contribution in [2.24, 2.45) is 5.92 Å². The summed E-state index contributed by atoms with van der Waals surface area (Å²) in [6.07, 6.45) is 6.24. The lowest BCUT2D eigenvalue weighted by Crippen LogP contribution is -2.30. The molecular formula is C25H31N5O3. The number of nitrogens with zero attached hydrogens (tertiary/aromatic N) is 4. The van der Waals surface area contributed by atoms with Gasteiger partial charge >= 0.3 is 0 Å². The van der Waals surface area contributed by atoms with Gasteiger partial charge in [0.2, 0.25) is 5.91 Å². The van der Waals surface area contributed by atoms with Gasteiger partial charge in [-0.25, -0.2) is 4.98 Å². The second-order valence-electron chi connectivity index (χ2n) is 9.61. The number of nitrogens with one attached hydrogen (secondary N) is 1. The van der Waals surface area contributed by atoms with Gasteiger partial charge in [-0.2, -0.15) is 0 Å². The summed E-state index contributed by atoms with van der Waals surface area (Å²) in [4.78, 5) is 36.4. The Morgan fingerprint density at radius 1 is 1.21 bits per heavy atom. The SMILES string of the molecule is C[C@@H]1C[C@H](n2c(CC(=O)NCC3CC3)nc3cnc4ccc(C(=O)N(C)C)cc4c32)CCO1. The van der Waals surface area contributed by atoms with E-state index < -0.39 is 0 Å². The number of hydrogen-bond donors (Lipinski definition) is 1. The van der Waals surface area contributed by atoms with E-state index in [2.05, 4.69) is 21.8 Å². The third-order valence-corrected chi connectivity index (χ3v) is 6.67. The Kier molecular flexibility index (Phi) is 5.78. The van der Waals surface area contributed by atoms with Crippen LogP contribution in [-0.4, -0.2) is 64.6 Å². The number of amides is 2. The topological polar surface area (TPSA) is 89.3 Å². The van der Waals surface area contributed by atoms with E-state index in [4.69, 9.17) is 9.72 Å². The highest BCUT2D eigenvalue weighted by Crippen LogP contribution is 2.34. The molecule has 2 aromatic heterocycles. The molecule has 33 heavy (non-hydrogen) atoms. The maximum Gasteiger partial charge on any atom is 0.253 e. The summed E-state index contributed by atoms with van der Waals surface area (Å²) < 4.78 is 8.02. The number of rotatable bonds is 6. The Morgan fingerprint density at radius 3 is 2.76 bits per heavy atom. The lowest BCUT2D eigenvalue weighted by atomic mass is 10.0. The quantitative estimate of drug-likeness (QED) is 0.625. The molecule has 0 spiro atoms. The largest absolute Gasteiger partial charge is 0.378 e. The first-order valence-corrected chi connectivity index (χ1v) is 11.8. The number of pyridine rings is 1. The summed E-state index contributed by atoms with van der Waals surface area (Å²) in [6, 6.07) is 5.78. The number of aromatic nitrogens is 3. The van der Waals surface area contributed by atoms with Crippen molar-refractivity contribution in [2.45, 2.75) is 51.2 Å². The van der Waals surface area contributed by atoms with Crippen molar-refractivity contribution in [3.63, 3.8) is 0 Å². The molecule has 1 N–H and O–H groups in total. The van der Waals surface area contributed by atoms with Gasteiger partial charge in [0.25, 0.3) is 5.91 Å². The van der Waals surface area contributed by atoms with Gasteiger partial charge in [-0.05, 0) is 56.7 Å². The van der Waals surface area contributed by atoms with Crippen molar-refractivity contribution >= 4 is 33.8 Å². The van der Waals surface area contributed by atoms with Gasteiger partial charge in [0.15, 0.2) is 0 Å². The van der Waals surface area contributed by atoms with Crippen LogP contribution in [0.2, 0.25) is 0 Å². The Balaban J connectivity index is 1.62. The van der Waals surface area contributed by atoms with E-state index in [0.29, 0.717) is 18.1 Å². The number of carbonyl (C=O) groups is 2. The normalized spacial score (nSPS) is 20.8. The highest BCUT2D eigenvalue weighted by Gasteiger charge is 2.28. The number of hydrogen-bond acceptors (Lipinski definition) is 5. The third kappa shape index (κ3) is 4.44. The second-order valence-corrected chi connectivity index (χ2v) is 9.61. The second kappa shape index (κ2) is 8.74. The predicted molar refractivity (Wildman–Crippen MR) is 126 cm³/mol. The molecule has 0 bridgehead atoms. The molecule has 2 amide bonds. The molecule has 2 fully saturated rings. The molecular weight excluding hydrogens is 418 g/mol. The molecule has 8 nitrogen and oxygen atoms in total. The van der Waals surface area contributed by atoms with Gasteiger partial charge < -0.3 is 19.5 Å². The van der Waals surface area contributed by atoms with E-state index in [1.807, 2.05) is 18.2 Å². The van der Waals surface area contributed by atoms with E-state index in [1.54, 1.807) is 25.2 Å². The molecule has 1 aliphatic heterocycles. The van der Waals surface area contributed by atoms with Gasteiger partial charge in [-0.1, -0.05) is 0 Å². The molecule has 5 rings (SSSR count). The molecule has 1 aromatic carbocycles. The summed E-state index contributed by atoms with van der Waals surface area (Å²) in [7, 11) is 3.49. The van der Waals surface area contributed by atoms with Crippen LogP contribution in [0.1, 0.15) is 54.8 Å². The van der Waals surface area contributed by atoms with Crippen LogP contribution in [0.3, 0.4) is 0 Å². The Hall–Kier alpha value is -3.00. The fourth-order valence-electron chi connectivity index (χ4n) is 4.73. The first kappa shape index (κ1) is 21.8. The predicted octanol–water partition coefficient (Wildman–Crippen LogP) is 3.10. The minimum absolute atomic E-state index is 0.000645. The van der Waals surface area contributed by atoms with Crippen LogP contribution in [-0.2, 0) is 16.0 Å². The molecule has 174 valence electrons. The number of imidazole rings is 1. The fraction of sp³-hybridized carbons (Fsp3) is 0.520. The van der Waals surface area contributed by atoms with E-state index in [9.17, 15) is 9.59 Å². The molecule has 1 saturated heterocycles. The zero-order chi connectivity index (χ0) is 23.1. The molecule has 2 aliphatic rings. The van der Waals surface area contributed by atoms with Crippen LogP contribution in [0.15, 0.2) is 24.4 Å². The molecule has 2 atom stereocenters. The highest BCUT2D eigenvalue weighted by molar-refractivity contribution is 6.06. The Bertz CT molecular complexity index is 1210. The highest BCUT2D eigenvalue weighted by atomic mass is 16.5. The summed E-state index contributed by atoms with van der Waals surface area (Å²) in [6.45, 7) is 3.50. The molecule has 1 aliphatic carbocycles. The lowest BCUT2D eigenvalue weighted by molar-refractivity contribution is -0.120. The van der Waals surface area contributed by atoms with Crippen molar-refractivity contribution in [1.29, 1.82) is 0 Å². The summed E-state index contributed by atoms with van der Waals surface area (Å²) >= 11 is 0. The first-order valence-electron chi connectivity index (χ1n) is 11.8. The van der Waals surface area contributed by atoms with Crippen molar-refractivity contribution in [3.05, 3.63) is 35.8 Å². The zero-order valence-electron chi connectivity index (χ0n) is 19.5. The maximum absolute atomic E-state index is 12.7. The van der Waals surface area contributed by atoms with Crippen molar-refractivity contribution in [2.75, 3.05) is 27.2 Å². The van der Waals surface area contributed by atoms with Crippen molar-refractivity contribution in [1.82, 2.24) is 24.8 Å². The fourth-order valence-corrected chi connectivity index (χ4v) is 4.73. The number of fused-ring (bicyclic) bond motifs is 3. The average Bonchev–Trinajstić information content (AvgIpc) is 3.56. The van der Waals surface area contributed by atoms with Crippen molar-refractivity contribution in [3.8, 4) is 0 Å². The van der Waals surface area contributed by atoms with E-state index in [0.717, 1.165) is 47.1 Å². The van der Waals surface area contributed by atoms with Gasteiger partial charge in [0.1, 0.15) is 11.3 Å². The van der Waals surface area contributed by atoms with E-state index in [-0.39, 0.29) is 30.4 Å². The maximum atomic E-state index is 12.7. The Morgan fingerprint density at radius 2 is 2.03 bits per heavy atom. The van der Waals surface area contributed by atoms with Crippen LogP contribution >= 0.6 is 0 Å². The third-order valence-electron chi connectivity index (χ3n) is 6.67. The van der Waals surface area contributed by atoms with Gasteiger partial charge in [0, 0.05) is 44.2 Å². The summed E-state index contributed by atoms with van der Waals surface area (Å²) in [5, 5.41) is 3.95. The average molecular weight is 450 g/mol. The standard InChI is InChI=1S/C25H31N5O3/c1-15-10-18(8-9-33-15)30-22(12-23(31)27-13-16-4-5-16)28-21-14-26-20-7-6-17(25(32)29(2)3)11-19(20)24(21)30/h6-7,11,14-16,18H,4-5,8-10,12-13H2,1-3H3,(H,27,31)/t15-,18-/m1/s1. The lowest BCUT2D eigenvalue weighted by Gasteiger charge is -2.30. The number of carbonyl (C=O) groups excluding carboxylic acids is 2. The molecule has 3 aromatic rings. The molecule has 0 radical (unpaired) electrons. The summed E-state index contributed by atoms with van der Waals surface area (Å²) in [5.41, 5.74) is 3.11. The number of benzene rings is 1.